The Morgan fingerprint density at radius 1 is 1.29 bits per heavy atom. The normalized spacial score (nSPS) is 22.6. The molecular weight excluding hydrogens is 411 g/mol. The Hall–Kier alpha value is -3.18. The third-order valence-corrected chi connectivity index (χ3v) is 5.25. The number of urea groups is 1. The standard InChI is InChI=1S/C20H25FN4O6/c1-9(26)18(25-20(22)30)19(29)23-12-6-14(15(27)7-12)24-17(28)4-10-8-31-16-3-2-11(21)5-13(10)16/h2-3,5,8-9,12,14-15,18,26-27H,4,6-7H2,1H3,(H,23,29)(H,24,28)(H3,22,25,30)/t9?,12-,14-,15-,18?/m0/s1. The number of aliphatic hydroxyl groups excluding tert-OH is 2. The third-order valence-electron chi connectivity index (χ3n) is 5.25. The van der Waals surface area contributed by atoms with E-state index in [1.165, 1.54) is 31.4 Å². The molecule has 11 heteroatoms. The van der Waals surface area contributed by atoms with Crippen molar-refractivity contribution in [2.45, 2.75) is 56.5 Å². The van der Waals surface area contributed by atoms with Gasteiger partial charge in [-0.25, -0.2) is 9.18 Å². The SMILES string of the molecule is CC(O)C(NC(N)=O)C(=O)N[C@H]1C[C@H](NC(=O)Cc2coc3ccc(F)cc23)[C@@H](O)C1. The van der Waals surface area contributed by atoms with Crippen LogP contribution in [0.25, 0.3) is 11.0 Å². The van der Waals surface area contributed by atoms with E-state index in [9.17, 15) is 29.0 Å². The van der Waals surface area contributed by atoms with Crippen molar-refractivity contribution in [3.63, 3.8) is 0 Å². The first kappa shape index (κ1) is 22.5. The quantitative estimate of drug-likeness (QED) is 0.347. The number of rotatable bonds is 7. The van der Waals surface area contributed by atoms with Gasteiger partial charge in [0, 0.05) is 17.0 Å². The molecule has 1 aliphatic carbocycles. The molecule has 1 aliphatic rings. The first-order chi connectivity index (χ1) is 14.6. The number of fused-ring (bicyclic) bond motifs is 1. The lowest BCUT2D eigenvalue weighted by molar-refractivity contribution is -0.126. The number of furan rings is 1. The fraction of sp³-hybridized carbons (Fsp3) is 0.450. The number of halogens is 1. The average molecular weight is 436 g/mol. The first-order valence-electron chi connectivity index (χ1n) is 9.81. The van der Waals surface area contributed by atoms with Crippen LogP contribution in [0.3, 0.4) is 0 Å². The highest BCUT2D eigenvalue weighted by molar-refractivity contribution is 5.88. The summed E-state index contributed by atoms with van der Waals surface area (Å²) in [6, 6.07) is 0.751. The molecule has 0 saturated heterocycles. The predicted molar refractivity (Wildman–Crippen MR) is 107 cm³/mol. The van der Waals surface area contributed by atoms with E-state index in [4.69, 9.17) is 10.2 Å². The van der Waals surface area contributed by atoms with Crippen LogP contribution in [0.2, 0.25) is 0 Å². The van der Waals surface area contributed by atoms with Crippen molar-refractivity contribution in [1.29, 1.82) is 0 Å². The molecule has 7 N–H and O–H groups in total. The van der Waals surface area contributed by atoms with Crippen molar-refractivity contribution >= 4 is 28.8 Å². The van der Waals surface area contributed by atoms with Crippen LogP contribution in [-0.2, 0) is 16.0 Å². The van der Waals surface area contributed by atoms with Gasteiger partial charge in [-0.2, -0.15) is 0 Å². The molecule has 0 radical (unpaired) electrons. The number of aliphatic hydroxyl groups is 2. The molecule has 5 atom stereocenters. The minimum absolute atomic E-state index is 0.0661. The Labute approximate surface area is 177 Å². The minimum Gasteiger partial charge on any atom is -0.464 e. The van der Waals surface area contributed by atoms with Crippen LogP contribution in [0.15, 0.2) is 28.9 Å². The summed E-state index contributed by atoms with van der Waals surface area (Å²) in [6.07, 6.45) is -0.323. The van der Waals surface area contributed by atoms with Gasteiger partial charge in [0.15, 0.2) is 0 Å². The zero-order chi connectivity index (χ0) is 22.7. The molecule has 31 heavy (non-hydrogen) atoms. The van der Waals surface area contributed by atoms with Crippen molar-refractivity contribution in [1.82, 2.24) is 16.0 Å². The van der Waals surface area contributed by atoms with E-state index in [1.807, 2.05) is 0 Å². The van der Waals surface area contributed by atoms with Crippen LogP contribution in [0.4, 0.5) is 9.18 Å². The van der Waals surface area contributed by atoms with Crippen molar-refractivity contribution in [2.24, 2.45) is 5.73 Å². The van der Waals surface area contributed by atoms with Gasteiger partial charge in [0.05, 0.1) is 30.9 Å². The lowest BCUT2D eigenvalue weighted by Gasteiger charge is -2.22. The lowest BCUT2D eigenvalue weighted by Crippen LogP contribution is -2.55. The Morgan fingerprint density at radius 3 is 2.71 bits per heavy atom. The smallest absolute Gasteiger partial charge is 0.312 e. The van der Waals surface area contributed by atoms with Crippen molar-refractivity contribution < 1.29 is 33.4 Å². The van der Waals surface area contributed by atoms with E-state index >= 15 is 0 Å². The van der Waals surface area contributed by atoms with Crippen LogP contribution in [-0.4, -0.2) is 58.4 Å². The van der Waals surface area contributed by atoms with Crippen LogP contribution in [0, 0.1) is 5.82 Å². The second kappa shape index (κ2) is 9.31. The highest BCUT2D eigenvalue weighted by atomic mass is 19.1. The molecular formula is C20H25FN4O6. The fourth-order valence-corrected chi connectivity index (χ4v) is 3.76. The highest BCUT2D eigenvalue weighted by Gasteiger charge is 2.36. The number of benzene rings is 1. The summed E-state index contributed by atoms with van der Waals surface area (Å²) in [5.74, 6) is -1.48. The van der Waals surface area contributed by atoms with Crippen LogP contribution in [0.1, 0.15) is 25.3 Å². The van der Waals surface area contributed by atoms with Gasteiger partial charge in [-0.3, -0.25) is 9.59 Å². The summed E-state index contributed by atoms with van der Waals surface area (Å²) >= 11 is 0. The number of hydrogen-bond acceptors (Lipinski definition) is 6. The van der Waals surface area contributed by atoms with Gasteiger partial charge in [0.1, 0.15) is 17.4 Å². The summed E-state index contributed by atoms with van der Waals surface area (Å²) in [7, 11) is 0. The van der Waals surface area contributed by atoms with E-state index in [2.05, 4.69) is 16.0 Å². The molecule has 1 aromatic heterocycles. The predicted octanol–water partition coefficient (Wildman–Crippen LogP) is -0.344. The summed E-state index contributed by atoms with van der Waals surface area (Å²) in [4.78, 5) is 35.8. The molecule has 4 amide bonds. The summed E-state index contributed by atoms with van der Waals surface area (Å²) < 4.78 is 18.8. The van der Waals surface area contributed by atoms with Gasteiger partial charge in [-0.15, -0.1) is 0 Å². The molecule has 3 rings (SSSR count). The molecule has 1 heterocycles. The zero-order valence-corrected chi connectivity index (χ0v) is 16.8. The maximum atomic E-state index is 13.5. The zero-order valence-electron chi connectivity index (χ0n) is 16.8. The number of amides is 4. The number of carbonyl (C=O) groups is 3. The largest absolute Gasteiger partial charge is 0.464 e. The summed E-state index contributed by atoms with van der Waals surface area (Å²) in [5.41, 5.74) is 6.00. The number of nitrogens with one attached hydrogen (secondary N) is 3. The van der Waals surface area contributed by atoms with Gasteiger partial charge in [-0.1, -0.05) is 0 Å². The van der Waals surface area contributed by atoms with Crippen molar-refractivity contribution in [3.05, 3.63) is 35.8 Å². The molecule has 2 unspecified atom stereocenters. The van der Waals surface area contributed by atoms with Gasteiger partial charge < -0.3 is 36.3 Å². The van der Waals surface area contributed by atoms with E-state index in [-0.39, 0.29) is 25.2 Å². The van der Waals surface area contributed by atoms with Crippen LogP contribution in [0.5, 0.6) is 0 Å². The number of hydrogen-bond donors (Lipinski definition) is 6. The summed E-state index contributed by atoms with van der Waals surface area (Å²) in [5, 5.41) is 28.0. The van der Waals surface area contributed by atoms with Gasteiger partial charge in [0.2, 0.25) is 11.8 Å². The molecule has 10 nitrogen and oxygen atoms in total. The van der Waals surface area contributed by atoms with Crippen molar-refractivity contribution in [2.75, 3.05) is 0 Å². The third kappa shape index (κ3) is 5.50. The summed E-state index contributed by atoms with van der Waals surface area (Å²) in [6.45, 7) is 1.33. The second-order valence-corrected chi connectivity index (χ2v) is 7.72. The van der Waals surface area contributed by atoms with Gasteiger partial charge in [0.25, 0.3) is 0 Å². The lowest BCUT2D eigenvalue weighted by atomic mass is 10.1. The van der Waals surface area contributed by atoms with E-state index in [0.717, 1.165) is 0 Å². The molecule has 168 valence electrons. The van der Waals surface area contributed by atoms with Crippen molar-refractivity contribution in [3.8, 4) is 0 Å². The molecule has 1 fully saturated rings. The van der Waals surface area contributed by atoms with Gasteiger partial charge in [-0.05, 0) is 38.0 Å². The molecule has 1 saturated carbocycles. The Kier molecular flexibility index (Phi) is 6.76. The topological polar surface area (TPSA) is 167 Å². The molecule has 1 aromatic carbocycles. The fourth-order valence-electron chi connectivity index (χ4n) is 3.76. The molecule has 0 aliphatic heterocycles. The molecule has 2 aromatic rings. The monoisotopic (exact) mass is 436 g/mol. The van der Waals surface area contributed by atoms with E-state index < -0.39 is 48.1 Å². The second-order valence-electron chi connectivity index (χ2n) is 7.72. The highest BCUT2D eigenvalue weighted by Crippen LogP contribution is 2.24. The van der Waals surface area contributed by atoms with E-state index in [0.29, 0.717) is 16.5 Å². The molecule has 0 spiro atoms. The van der Waals surface area contributed by atoms with Gasteiger partial charge >= 0.3 is 6.03 Å². The average Bonchev–Trinajstić information content (AvgIpc) is 3.22. The Morgan fingerprint density at radius 2 is 2.03 bits per heavy atom. The maximum absolute atomic E-state index is 13.5. The minimum atomic E-state index is -1.24. The van der Waals surface area contributed by atoms with Crippen LogP contribution >= 0.6 is 0 Å². The number of primary amides is 1. The maximum Gasteiger partial charge on any atom is 0.312 e. The Bertz CT molecular complexity index is 978. The van der Waals surface area contributed by atoms with E-state index in [1.54, 1.807) is 0 Å². The van der Waals surface area contributed by atoms with Crippen LogP contribution < -0.4 is 21.7 Å². The Balaban J connectivity index is 1.56. The number of nitrogens with two attached hydrogens (primary N) is 1. The first-order valence-corrected chi connectivity index (χ1v) is 9.81. The molecule has 0 bridgehead atoms. The number of carbonyl (C=O) groups excluding carboxylic acids is 3.